The molecule has 2 rings (SSSR count). The molecule has 0 aromatic rings. The summed E-state index contributed by atoms with van der Waals surface area (Å²) in [7, 11) is -3.05. The summed E-state index contributed by atoms with van der Waals surface area (Å²) in [5, 5.41) is 6.82. The fourth-order valence-electron chi connectivity index (χ4n) is 3.74. The van der Waals surface area contributed by atoms with E-state index in [1.807, 2.05) is 0 Å². The van der Waals surface area contributed by atoms with E-state index in [9.17, 15) is 8.42 Å². The second-order valence-electron chi connectivity index (χ2n) is 7.13. The number of halogens is 1. The molecule has 26 heavy (non-hydrogen) atoms. The highest BCUT2D eigenvalue weighted by Crippen LogP contribution is 2.19. The van der Waals surface area contributed by atoms with Crippen LogP contribution < -0.4 is 10.6 Å². The molecule has 0 radical (unpaired) electrons. The van der Waals surface area contributed by atoms with Gasteiger partial charge in [0.15, 0.2) is 5.96 Å². The molecule has 0 aromatic heterocycles. The summed E-state index contributed by atoms with van der Waals surface area (Å²) in [5.74, 6) is 1.35. The van der Waals surface area contributed by atoms with E-state index < -0.39 is 10.0 Å². The van der Waals surface area contributed by atoms with Crippen molar-refractivity contribution in [1.82, 2.24) is 19.8 Å². The SMILES string of the molecule is CCNC(=NCC1CCN(S(C)(=O)=O)CC1)NCC1CCCN1CC.I. The minimum Gasteiger partial charge on any atom is -0.357 e. The lowest BCUT2D eigenvalue weighted by Gasteiger charge is -2.29. The van der Waals surface area contributed by atoms with Crippen molar-refractivity contribution in [2.75, 3.05) is 52.1 Å². The molecule has 154 valence electrons. The topological polar surface area (TPSA) is 77.0 Å². The monoisotopic (exact) mass is 501 g/mol. The van der Waals surface area contributed by atoms with Crippen molar-refractivity contribution in [3.05, 3.63) is 0 Å². The van der Waals surface area contributed by atoms with E-state index in [4.69, 9.17) is 4.99 Å². The molecular weight excluding hydrogens is 465 g/mol. The maximum absolute atomic E-state index is 11.6. The lowest BCUT2D eigenvalue weighted by atomic mass is 9.98. The van der Waals surface area contributed by atoms with Gasteiger partial charge in [-0.1, -0.05) is 6.92 Å². The first-order valence-corrected chi connectivity index (χ1v) is 11.5. The van der Waals surface area contributed by atoms with Crippen LogP contribution in [0, 0.1) is 5.92 Å². The number of aliphatic imine (C=N–C) groups is 1. The standard InChI is InChI=1S/C17H35N5O2S.HI/c1-4-18-17(20-14-16-7-6-10-21(16)5-2)19-13-15-8-11-22(12-9-15)25(3,23)24;/h15-16H,4-14H2,1-3H3,(H2,18,19,20);1H. The number of hydrogen-bond acceptors (Lipinski definition) is 4. The van der Waals surface area contributed by atoms with E-state index >= 15 is 0 Å². The summed E-state index contributed by atoms with van der Waals surface area (Å²) in [6, 6.07) is 0.604. The first kappa shape index (κ1) is 23.9. The smallest absolute Gasteiger partial charge is 0.211 e. The lowest BCUT2D eigenvalue weighted by Crippen LogP contribution is -2.45. The molecule has 0 spiro atoms. The molecule has 2 aliphatic rings. The summed E-state index contributed by atoms with van der Waals surface area (Å²) in [5.41, 5.74) is 0. The number of likely N-dealkylation sites (N-methyl/N-ethyl adjacent to an activating group) is 1. The average molecular weight is 501 g/mol. The van der Waals surface area contributed by atoms with Crippen LogP contribution in [0.1, 0.15) is 39.5 Å². The Morgan fingerprint density at radius 1 is 1.12 bits per heavy atom. The first-order valence-electron chi connectivity index (χ1n) is 9.65. The molecule has 0 aromatic carbocycles. The first-order chi connectivity index (χ1) is 11.9. The van der Waals surface area contributed by atoms with Crippen molar-refractivity contribution in [2.45, 2.75) is 45.6 Å². The zero-order valence-corrected chi connectivity index (χ0v) is 19.6. The molecule has 0 saturated carbocycles. The zero-order chi connectivity index (χ0) is 18.3. The van der Waals surface area contributed by atoms with E-state index in [0.717, 1.165) is 45.0 Å². The minimum absolute atomic E-state index is 0. The quantitative estimate of drug-likeness (QED) is 0.313. The van der Waals surface area contributed by atoms with Crippen molar-refractivity contribution in [3.8, 4) is 0 Å². The van der Waals surface area contributed by atoms with E-state index in [2.05, 4.69) is 29.4 Å². The molecule has 0 bridgehead atoms. The van der Waals surface area contributed by atoms with Crippen molar-refractivity contribution < 1.29 is 8.42 Å². The van der Waals surface area contributed by atoms with Crippen LogP contribution in [0.4, 0.5) is 0 Å². The summed E-state index contributed by atoms with van der Waals surface area (Å²) in [4.78, 5) is 7.27. The molecule has 1 atom stereocenters. The van der Waals surface area contributed by atoms with E-state index in [1.165, 1.54) is 25.6 Å². The van der Waals surface area contributed by atoms with Crippen LogP contribution >= 0.6 is 24.0 Å². The largest absolute Gasteiger partial charge is 0.357 e. The second kappa shape index (κ2) is 11.7. The Hall–Kier alpha value is -0.130. The van der Waals surface area contributed by atoms with Crippen LogP contribution in [0.2, 0.25) is 0 Å². The molecular formula is C17H36IN5O2S. The Labute approximate surface area is 176 Å². The van der Waals surface area contributed by atoms with Crippen LogP contribution in [0.3, 0.4) is 0 Å². The van der Waals surface area contributed by atoms with Gasteiger partial charge in [0.25, 0.3) is 0 Å². The van der Waals surface area contributed by atoms with Crippen LogP contribution in [0.5, 0.6) is 0 Å². The maximum Gasteiger partial charge on any atom is 0.211 e. The van der Waals surface area contributed by atoms with Crippen molar-refractivity contribution >= 4 is 40.0 Å². The summed E-state index contributed by atoms with van der Waals surface area (Å²) < 4.78 is 24.7. The van der Waals surface area contributed by atoms with Gasteiger partial charge in [-0.15, -0.1) is 24.0 Å². The molecule has 2 N–H and O–H groups in total. The fraction of sp³-hybridized carbons (Fsp3) is 0.941. The number of sulfonamides is 1. The third-order valence-electron chi connectivity index (χ3n) is 5.30. The number of piperidine rings is 1. The van der Waals surface area contributed by atoms with Crippen LogP contribution in [0.25, 0.3) is 0 Å². The van der Waals surface area contributed by atoms with E-state index in [-0.39, 0.29) is 24.0 Å². The average Bonchev–Trinajstić information content (AvgIpc) is 3.04. The Bertz CT molecular complexity index is 535. The number of nitrogens with one attached hydrogen (secondary N) is 2. The number of rotatable bonds is 7. The third kappa shape index (κ3) is 7.47. The van der Waals surface area contributed by atoms with Gasteiger partial charge in [0.2, 0.25) is 10.0 Å². The Balaban J connectivity index is 0.00000338. The van der Waals surface area contributed by atoms with Gasteiger partial charge < -0.3 is 10.6 Å². The maximum atomic E-state index is 11.6. The number of guanidine groups is 1. The van der Waals surface area contributed by atoms with Gasteiger partial charge in [0.05, 0.1) is 6.26 Å². The molecule has 2 fully saturated rings. The van der Waals surface area contributed by atoms with Crippen molar-refractivity contribution in [3.63, 3.8) is 0 Å². The molecule has 1 unspecified atom stereocenters. The molecule has 2 saturated heterocycles. The van der Waals surface area contributed by atoms with Crippen LogP contribution in [-0.4, -0.2) is 81.7 Å². The van der Waals surface area contributed by atoms with Crippen LogP contribution in [0.15, 0.2) is 4.99 Å². The van der Waals surface area contributed by atoms with Crippen molar-refractivity contribution in [1.29, 1.82) is 0 Å². The predicted octanol–water partition coefficient (Wildman–Crippen LogP) is 1.32. The van der Waals surface area contributed by atoms with E-state index in [1.54, 1.807) is 4.31 Å². The van der Waals surface area contributed by atoms with Gasteiger partial charge in [-0.25, -0.2) is 12.7 Å². The van der Waals surface area contributed by atoms with Crippen molar-refractivity contribution in [2.24, 2.45) is 10.9 Å². The summed E-state index contributed by atoms with van der Waals surface area (Å²) >= 11 is 0. The molecule has 0 amide bonds. The Morgan fingerprint density at radius 3 is 2.38 bits per heavy atom. The number of hydrogen-bond donors (Lipinski definition) is 2. The van der Waals surface area contributed by atoms with Gasteiger partial charge in [-0.3, -0.25) is 9.89 Å². The molecule has 7 nitrogen and oxygen atoms in total. The normalized spacial score (nSPS) is 23.7. The van der Waals surface area contributed by atoms with Gasteiger partial charge >= 0.3 is 0 Å². The van der Waals surface area contributed by atoms with Gasteiger partial charge in [0.1, 0.15) is 0 Å². The zero-order valence-electron chi connectivity index (χ0n) is 16.4. The van der Waals surface area contributed by atoms with E-state index in [0.29, 0.717) is 25.0 Å². The molecule has 2 aliphatic heterocycles. The highest BCUT2D eigenvalue weighted by Gasteiger charge is 2.25. The third-order valence-corrected chi connectivity index (χ3v) is 6.61. The molecule has 0 aliphatic carbocycles. The second-order valence-corrected chi connectivity index (χ2v) is 9.11. The minimum atomic E-state index is -3.05. The predicted molar refractivity (Wildman–Crippen MR) is 119 cm³/mol. The highest BCUT2D eigenvalue weighted by atomic mass is 127. The number of nitrogens with zero attached hydrogens (tertiary/aromatic N) is 3. The van der Waals surface area contributed by atoms with Crippen LogP contribution in [-0.2, 0) is 10.0 Å². The Morgan fingerprint density at radius 2 is 1.81 bits per heavy atom. The van der Waals surface area contributed by atoms with Gasteiger partial charge in [-0.2, -0.15) is 0 Å². The van der Waals surface area contributed by atoms with Gasteiger partial charge in [0, 0.05) is 38.8 Å². The lowest BCUT2D eigenvalue weighted by molar-refractivity contribution is 0.266. The van der Waals surface area contributed by atoms with Gasteiger partial charge in [-0.05, 0) is 51.6 Å². The molecule has 9 heteroatoms. The highest BCUT2D eigenvalue weighted by molar-refractivity contribution is 14.0. The number of likely N-dealkylation sites (tertiary alicyclic amines) is 1. The fourth-order valence-corrected chi connectivity index (χ4v) is 4.62. The summed E-state index contributed by atoms with van der Waals surface area (Å²) in [6.45, 7) is 10.4. The summed E-state index contributed by atoms with van der Waals surface area (Å²) in [6.07, 6.45) is 5.61. The Kier molecular flexibility index (Phi) is 10.7. The molecule has 2 heterocycles.